The highest BCUT2D eigenvalue weighted by atomic mass is 16.6. The molecule has 6 rings (SSSR count). The van der Waals surface area contributed by atoms with E-state index in [0.29, 0.717) is 44.6 Å². The number of aryl methyl sites for hydroxylation is 1. The molecule has 1 atom stereocenters. The normalized spacial score (nSPS) is 19.5. The van der Waals surface area contributed by atoms with Crippen LogP contribution >= 0.6 is 0 Å². The Kier molecular flexibility index (Phi) is 7.60. The summed E-state index contributed by atoms with van der Waals surface area (Å²) in [4.78, 5) is 40.6. The van der Waals surface area contributed by atoms with Crippen LogP contribution in [0.25, 0.3) is 11.2 Å². The molecule has 1 N–H and O–H groups in total. The van der Waals surface area contributed by atoms with Crippen molar-refractivity contribution in [3.8, 4) is 0 Å². The average molecular weight is 578 g/mol. The van der Waals surface area contributed by atoms with Crippen LogP contribution in [0.5, 0.6) is 0 Å². The number of nitrogens with one attached hydrogen (secondary N) is 1. The number of carbonyl (C=O) groups excluding carboxylic acids is 2. The second-order valence-electron chi connectivity index (χ2n) is 12.2. The predicted molar refractivity (Wildman–Crippen MR) is 157 cm³/mol. The molecule has 1 saturated heterocycles. The van der Waals surface area contributed by atoms with E-state index in [9.17, 15) is 9.59 Å². The van der Waals surface area contributed by atoms with Crippen molar-refractivity contribution < 1.29 is 19.1 Å². The summed E-state index contributed by atoms with van der Waals surface area (Å²) in [7, 11) is 1.39. The van der Waals surface area contributed by atoms with Gasteiger partial charge >= 0.3 is 12.1 Å². The Morgan fingerprint density at radius 2 is 1.88 bits per heavy atom. The minimum absolute atomic E-state index is 0.325. The molecule has 1 amide bonds. The Morgan fingerprint density at radius 3 is 2.60 bits per heavy atom. The summed E-state index contributed by atoms with van der Waals surface area (Å²) in [5.41, 5.74) is 2.49. The molecule has 3 aromatic rings. The molecule has 1 unspecified atom stereocenters. The number of fused-ring (bicyclic) bond motifs is 2. The molecule has 0 spiro atoms. The first-order valence-electron chi connectivity index (χ1n) is 14.7. The first-order chi connectivity index (χ1) is 20.2. The number of anilines is 3. The minimum atomic E-state index is -0.568. The standard InChI is InChI=1S/C29H39N9O4/c1-29(2,3)42-28(40)30-11-13-35-14-15-36(17-22(35)27(39)41-4)23-9-10-24(34-33-23)37-12-5-6-19-16-21-26(32-25(19)37)38(18-31-21)20-7-8-20/h9-10,16,18,20,22H,5-8,11-15,17H2,1-4H3,(H,30,40). The van der Waals surface area contributed by atoms with Crippen molar-refractivity contribution in [1.29, 1.82) is 0 Å². The van der Waals surface area contributed by atoms with Crippen molar-refractivity contribution in [2.75, 3.05) is 56.2 Å². The lowest BCUT2D eigenvalue weighted by molar-refractivity contribution is -0.147. The van der Waals surface area contributed by atoms with Gasteiger partial charge in [0, 0.05) is 45.3 Å². The number of carbonyl (C=O) groups is 2. The first kappa shape index (κ1) is 28.1. The third-order valence-electron chi connectivity index (χ3n) is 7.90. The van der Waals surface area contributed by atoms with Crippen molar-refractivity contribution in [3.05, 3.63) is 30.1 Å². The smallest absolute Gasteiger partial charge is 0.407 e. The zero-order valence-corrected chi connectivity index (χ0v) is 24.7. The van der Waals surface area contributed by atoms with Crippen molar-refractivity contribution in [2.24, 2.45) is 0 Å². The van der Waals surface area contributed by atoms with Crippen molar-refractivity contribution in [3.63, 3.8) is 0 Å². The lowest BCUT2D eigenvalue weighted by Crippen LogP contribution is -2.58. The van der Waals surface area contributed by atoms with Crippen LogP contribution in [0.15, 0.2) is 24.5 Å². The highest BCUT2D eigenvalue weighted by Gasteiger charge is 2.34. The lowest BCUT2D eigenvalue weighted by atomic mass is 10.1. The van der Waals surface area contributed by atoms with Crippen LogP contribution in [-0.2, 0) is 20.7 Å². The van der Waals surface area contributed by atoms with Gasteiger partial charge in [0.15, 0.2) is 17.3 Å². The molecule has 3 aromatic heterocycles. The largest absolute Gasteiger partial charge is 0.468 e. The SMILES string of the molecule is COC(=O)C1CN(c2ccc(N3CCCc4cc5ncn(C6CC6)c5nc43)nn2)CCN1CCNC(=O)OC(C)(C)C. The second-order valence-corrected chi connectivity index (χ2v) is 12.2. The van der Waals surface area contributed by atoms with E-state index in [0.717, 1.165) is 42.2 Å². The van der Waals surface area contributed by atoms with Crippen LogP contribution in [0.2, 0.25) is 0 Å². The number of esters is 1. The number of hydrogen-bond donors (Lipinski definition) is 1. The molecule has 1 saturated carbocycles. The molecular formula is C29H39N9O4. The van der Waals surface area contributed by atoms with Gasteiger partial charge in [0.2, 0.25) is 0 Å². The molecule has 0 bridgehead atoms. The fourth-order valence-corrected chi connectivity index (χ4v) is 5.68. The number of rotatable bonds is 7. The fraction of sp³-hybridized carbons (Fsp3) is 0.586. The van der Waals surface area contributed by atoms with Crippen LogP contribution in [0.3, 0.4) is 0 Å². The van der Waals surface area contributed by atoms with Crippen LogP contribution in [0.4, 0.5) is 22.2 Å². The molecule has 0 aromatic carbocycles. The number of nitrogens with zero attached hydrogens (tertiary/aromatic N) is 8. The van der Waals surface area contributed by atoms with E-state index in [1.165, 1.54) is 25.5 Å². The Hall–Kier alpha value is -4.00. The topological polar surface area (TPSA) is 131 Å². The highest BCUT2D eigenvalue weighted by Crippen LogP contribution is 2.39. The van der Waals surface area contributed by atoms with E-state index >= 15 is 0 Å². The number of imidazole rings is 1. The number of piperazine rings is 1. The zero-order valence-electron chi connectivity index (χ0n) is 24.7. The van der Waals surface area contributed by atoms with E-state index in [2.05, 4.69) is 40.9 Å². The van der Waals surface area contributed by atoms with Gasteiger partial charge in [-0.25, -0.2) is 14.8 Å². The van der Waals surface area contributed by atoms with Gasteiger partial charge in [-0.05, 0) is 70.2 Å². The molecule has 13 nitrogen and oxygen atoms in total. The number of hydrogen-bond acceptors (Lipinski definition) is 11. The van der Waals surface area contributed by atoms with E-state index < -0.39 is 17.7 Å². The molecule has 13 heteroatoms. The van der Waals surface area contributed by atoms with Gasteiger partial charge in [-0.15, -0.1) is 10.2 Å². The van der Waals surface area contributed by atoms with Crippen LogP contribution in [0.1, 0.15) is 51.6 Å². The maximum Gasteiger partial charge on any atom is 0.407 e. The van der Waals surface area contributed by atoms with E-state index in [-0.39, 0.29) is 5.97 Å². The monoisotopic (exact) mass is 577 g/mol. The summed E-state index contributed by atoms with van der Waals surface area (Å²) in [6, 6.07) is 6.11. The highest BCUT2D eigenvalue weighted by molar-refractivity contribution is 5.78. The van der Waals surface area contributed by atoms with Crippen LogP contribution < -0.4 is 15.1 Å². The summed E-state index contributed by atoms with van der Waals surface area (Å²) in [6.45, 7) is 8.79. The molecule has 42 heavy (non-hydrogen) atoms. The first-order valence-corrected chi connectivity index (χ1v) is 14.7. The Morgan fingerprint density at radius 1 is 1.10 bits per heavy atom. The van der Waals surface area contributed by atoms with Gasteiger partial charge in [0.1, 0.15) is 23.0 Å². The Balaban J connectivity index is 1.13. The number of pyridine rings is 1. The molecule has 224 valence electrons. The maximum atomic E-state index is 12.7. The average Bonchev–Trinajstić information content (AvgIpc) is 3.74. The summed E-state index contributed by atoms with van der Waals surface area (Å²) in [5, 5.41) is 11.9. The van der Waals surface area contributed by atoms with Gasteiger partial charge in [0.05, 0.1) is 13.4 Å². The van der Waals surface area contributed by atoms with Crippen molar-refractivity contribution in [2.45, 2.75) is 64.1 Å². The summed E-state index contributed by atoms with van der Waals surface area (Å²) in [6.07, 6.45) is 5.75. The number of ether oxygens (including phenoxy) is 2. The summed E-state index contributed by atoms with van der Waals surface area (Å²) < 4.78 is 12.6. The van der Waals surface area contributed by atoms with E-state index in [4.69, 9.17) is 14.5 Å². The number of amides is 1. The molecule has 2 fully saturated rings. The minimum Gasteiger partial charge on any atom is -0.468 e. The Bertz CT molecular complexity index is 1450. The predicted octanol–water partition coefficient (Wildman–Crippen LogP) is 2.83. The summed E-state index contributed by atoms with van der Waals surface area (Å²) >= 11 is 0. The van der Waals surface area contributed by atoms with Crippen LogP contribution in [-0.4, -0.2) is 99.7 Å². The summed E-state index contributed by atoms with van der Waals surface area (Å²) in [5.74, 6) is 2.05. The number of alkyl carbamates (subject to hydrolysis) is 1. The van der Waals surface area contributed by atoms with E-state index in [1.54, 1.807) is 0 Å². The number of aromatic nitrogens is 5. The molecule has 3 aliphatic rings. The van der Waals surface area contributed by atoms with Gasteiger partial charge in [-0.1, -0.05) is 0 Å². The van der Waals surface area contributed by atoms with E-state index in [1.807, 2.05) is 44.1 Å². The van der Waals surface area contributed by atoms with Crippen molar-refractivity contribution >= 4 is 40.7 Å². The second kappa shape index (κ2) is 11.3. The van der Waals surface area contributed by atoms with Crippen LogP contribution in [0, 0.1) is 0 Å². The molecule has 5 heterocycles. The van der Waals surface area contributed by atoms with Gasteiger partial charge in [-0.3, -0.25) is 9.69 Å². The van der Waals surface area contributed by atoms with Gasteiger partial charge in [-0.2, -0.15) is 0 Å². The fourth-order valence-electron chi connectivity index (χ4n) is 5.68. The zero-order chi connectivity index (χ0) is 29.4. The Labute approximate surface area is 245 Å². The third-order valence-corrected chi connectivity index (χ3v) is 7.90. The molecule has 1 aliphatic carbocycles. The lowest BCUT2D eigenvalue weighted by Gasteiger charge is -2.40. The van der Waals surface area contributed by atoms with Gasteiger partial charge in [0.25, 0.3) is 0 Å². The molecular weight excluding hydrogens is 538 g/mol. The molecule has 2 aliphatic heterocycles. The third kappa shape index (κ3) is 5.96. The quantitative estimate of drug-likeness (QED) is 0.416. The molecule has 0 radical (unpaired) electrons. The van der Waals surface area contributed by atoms with Gasteiger partial charge < -0.3 is 29.2 Å². The maximum absolute atomic E-state index is 12.7. The van der Waals surface area contributed by atoms with Crippen molar-refractivity contribution in [1.82, 2.24) is 34.9 Å². The number of methoxy groups -OCH3 is 1.